The van der Waals surface area contributed by atoms with E-state index in [9.17, 15) is 4.39 Å². The molecule has 0 aliphatic carbocycles. The van der Waals surface area contributed by atoms with Gasteiger partial charge in [0, 0.05) is 17.9 Å². The van der Waals surface area contributed by atoms with E-state index in [2.05, 4.69) is 40.9 Å². The van der Waals surface area contributed by atoms with Crippen molar-refractivity contribution in [3.05, 3.63) is 82.9 Å². The number of aromatic nitrogens is 2. The average molecular weight is 368 g/mol. The molecule has 6 heteroatoms. The molecule has 3 rings (SSSR count). The van der Waals surface area contributed by atoms with Gasteiger partial charge in [0.05, 0.1) is 12.2 Å². The van der Waals surface area contributed by atoms with Crippen molar-refractivity contribution in [1.82, 2.24) is 15.1 Å². The van der Waals surface area contributed by atoms with Crippen molar-refractivity contribution in [3.63, 3.8) is 0 Å². The van der Waals surface area contributed by atoms with Crippen LogP contribution >= 0.6 is 12.2 Å². The fraction of sp³-hybridized carbons (Fsp3) is 0.200. The Morgan fingerprint density at radius 2 is 1.85 bits per heavy atom. The highest BCUT2D eigenvalue weighted by molar-refractivity contribution is 7.80. The molecule has 0 aliphatic heterocycles. The number of hydrogen-bond donors (Lipinski definition) is 2. The van der Waals surface area contributed by atoms with Crippen molar-refractivity contribution >= 4 is 23.0 Å². The number of benzene rings is 2. The molecule has 0 fully saturated rings. The van der Waals surface area contributed by atoms with Gasteiger partial charge in [-0.2, -0.15) is 5.10 Å². The van der Waals surface area contributed by atoms with Crippen LogP contribution in [0.1, 0.15) is 22.5 Å². The maximum atomic E-state index is 12.9. The number of nitrogens with zero attached hydrogens (tertiary/aromatic N) is 2. The van der Waals surface area contributed by atoms with Crippen LogP contribution in [0.15, 0.2) is 54.6 Å². The lowest BCUT2D eigenvalue weighted by Gasteiger charge is -2.12. The lowest BCUT2D eigenvalue weighted by molar-refractivity contribution is 0.627. The fourth-order valence-electron chi connectivity index (χ4n) is 2.72. The van der Waals surface area contributed by atoms with Gasteiger partial charge in [0.1, 0.15) is 5.82 Å². The maximum absolute atomic E-state index is 12.9. The van der Waals surface area contributed by atoms with Crippen molar-refractivity contribution in [2.24, 2.45) is 0 Å². The van der Waals surface area contributed by atoms with E-state index in [0.717, 1.165) is 28.2 Å². The van der Waals surface area contributed by atoms with E-state index in [1.807, 2.05) is 23.7 Å². The molecule has 0 bridgehead atoms. The molecule has 26 heavy (non-hydrogen) atoms. The number of halogens is 1. The van der Waals surface area contributed by atoms with Crippen LogP contribution in [0.2, 0.25) is 0 Å². The minimum Gasteiger partial charge on any atom is -0.358 e. The van der Waals surface area contributed by atoms with Gasteiger partial charge in [0.2, 0.25) is 0 Å². The molecule has 1 heterocycles. The first-order chi connectivity index (χ1) is 12.5. The highest BCUT2D eigenvalue weighted by Gasteiger charge is 2.04. The molecule has 0 radical (unpaired) electrons. The summed E-state index contributed by atoms with van der Waals surface area (Å²) in [6.07, 6.45) is 0. The maximum Gasteiger partial charge on any atom is 0.171 e. The standard InChI is InChI=1S/C20H21FN4S/c1-14-10-15(2)25(24-14)13-17-4-3-5-19(11-17)23-20(26)22-12-16-6-8-18(21)9-7-16/h3-11H,12-13H2,1-2H3,(H2,22,23,26). The van der Waals surface area contributed by atoms with Gasteiger partial charge < -0.3 is 10.6 Å². The van der Waals surface area contributed by atoms with Gasteiger partial charge in [0.15, 0.2) is 5.11 Å². The minimum absolute atomic E-state index is 0.242. The third-order valence-corrected chi connectivity index (χ3v) is 4.23. The Balaban J connectivity index is 1.58. The lowest BCUT2D eigenvalue weighted by atomic mass is 10.2. The van der Waals surface area contributed by atoms with Crippen LogP contribution in [0.5, 0.6) is 0 Å². The second kappa shape index (κ2) is 8.10. The van der Waals surface area contributed by atoms with Crippen LogP contribution in [0.4, 0.5) is 10.1 Å². The molecule has 0 aliphatic rings. The van der Waals surface area contributed by atoms with E-state index in [1.54, 1.807) is 12.1 Å². The molecule has 134 valence electrons. The van der Waals surface area contributed by atoms with E-state index in [-0.39, 0.29) is 5.82 Å². The molecular weight excluding hydrogens is 347 g/mol. The Hall–Kier alpha value is -2.73. The third kappa shape index (κ3) is 4.89. The number of aryl methyl sites for hydroxylation is 2. The second-order valence-corrected chi connectivity index (χ2v) is 6.63. The van der Waals surface area contributed by atoms with E-state index in [1.165, 1.54) is 12.1 Å². The summed E-state index contributed by atoms with van der Waals surface area (Å²) in [5, 5.41) is 11.3. The first-order valence-corrected chi connectivity index (χ1v) is 8.80. The quantitative estimate of drug-likeness (QED) is 0.663. The molecule has 2 N–H and O–H groups in total. The Kier molecular flexibility index (Phi) is 5.63. The van der Waals surface area contributed by atoms with Crippen LogP contribution in [0.25, 0.3) is 0 Å². The summed E-state index contributed by atoms with van der Waals surface area (Å²) in [7, 11) is 0. The molecule has 1 aromatic heterocycles. The minimum atomic E-state index is -0.242. The van der Waals surface area contributed by atoms with E-state index < -0.39 is 0 Å². The lowest BCUT2D eigenvalue weighted by Crippen LogP contribution is -2.27. The number of anilines is 1. The summed E-state index contributed by atoms with van der Waals surface area (Å²) in [5.74, 6) is -0.242. The SMILES string of the molecule is Cc1cc(C)n(Cc2cccc(NC(=S)NCc3ccc(F)cc3)c2)n1. The van der Waals surface area contributed by atoms with Gasteiger partial charge in [-0.15, -0.1) is 0 Å². The topological polar surface area (TPSA) is 41.9 Å². The first-order valence-electron chi connectivity index (χ1n) is 8.39. The molecule has 0 atom stereocenters. The van der Waals surface area contributed by atoms with Crippen molar-refractivity contribution in [2.45, 2.75) is 26.9 Å². The van der Waals surface area contributed by atoms with Crippen molar-refractivity contribution in [2.75, 3.05) is 5.32 Å². The van der Waals surface area contributed by atoms with Crippen LogP contribution in [0.3, 0.4) is 0 Å². The second-order valence-electron chi connectivity index (χ2n) is 6.22. The molecule has 0 spiro atoms. The zero-order valence-electron chi connectivity index (χ0n) is 14.8. The van der Waals surface area contributed by atoms with Gasteiger partial charge in [-0.25, -0.2) is 4.39 Å². The van der Waals surface area contributed by atoms with Crippen LogP contribution in [-0.2, 0) is 13.1 Å². The van der Waals surface area contributed by atoms with Crippen LogP contribution in [0, 0.1) is 19.7 Å². The Bertz CT molecular complexity index is 902. The Labute approximate surface area is 158 Å². The summed E-state index contributed by atoms with van der Waals surface area (Å²) in [6.45, 7) is 5.30. The van der Waals surface area contributed by atoms with E-state index >= 15 is 0 Å². The molecule has 2 aromatic carbocycles. The Morgan fingerprint density at radius 1 is 1.08 bits per heavy atom. The number of nitrogens with one attached hydrogen (secondary N) is 2. The largest absolute Gasteiger partial charge is 0.358 e. The van der Waals surface area contributed by atoms with Gasteiger partial charge >= 0.3 is 0 Å². The zero-order chi connectivity index (χ0) is 18.5. The highest BCUT2D eigenvalue weighted by Crippen LogP contribution is 2.13. The fourth-order valence-corrected chi connectivity index (χ4v) is 2.91. The summed E-state index contributed by atoms with van der Waals surface area (Å²) in [6, 6.07) is 16.5. The highest BCUT2D eigenvalue weighted by atomic mass is 32.1. The van der Waals surface area contributed by atoms with Crippen LogP contribution < -0.4 is 10.6 Å². The summed E-state index contributed by atoms with van der Waals surface area (Å²) in [5.41, 5.74) is 5.18. The number of thiocarbonyl (C=S) groups is 1. The first kappa shape index (κ1) is 18.1. The van der Waals surface area contributed by atoms with Crippen LogP contribution in [-0.4, -0.2) is 14.9 Å². The predicted molar refractivity (Wildman–Crippen MR) is 107 cm³/mol. The molecule has 0 unspecified atom stereocenters. The molecule has 0 saturated carbocycles. The molecular formula is C20H21FN4S. The number of hydrogen-bond acceptors (Lipinski definition) is 2. The van der Waals surface area contributed by atoms with E-state index in [0.29, 0.717) is 18.2 Å². The van der Waals surface area contributed by atoms with Gasteiger partial charge in [-0.1, -0.05) is 24.3 Å². The monoisotopic (exact) mass is 368 g/mol. The summed E-state index contributed by atoms with van der Waals surface area (Å²) in [4.78, 5) is 0. The average Bonchev–Trinajstić information content (AvgIpc) is 2.92. The van der Waals surface area contributed by atoms with Gasteiger partial charge in [-0.3, -0.25) is 4.68 Å². The Morgan fingerprint density at radius 3 is 2.54 bits per heavy atom. The molecule has 3 aromatic rings. The van der Waals surface area contributed by atoms with Crippen molar-refractivity contribution < 1.29 is 4.39 Å². The predicted octanol–water partition coefficient (Wildman–Crippen LogP) is 4.17. The zero-order valence-corrected chi connectivity index (χ0v) is 15.6. The molecule has 4 nitrogen and oxygen atoms in total. The van der Waals surface area contributed by atoms with Gasteiger partial charge in [0.25, 0.3) is 0 Å². The normalized spacial score (nSPS) is 10.6. The van der Waals surface area contributed by atoms with E-state index in [4.69, 9.17) is 12.2 Å². The third-order valence-electron chi connectivity index (χ3n) is 3.99. The molecule has 0 saturated heterocycles. The number of rotatable bonds is 5. The van der Waals surface area contributed by atoms with Crippen molar-refractivity contribution in [1.29, 1.82) is 0 Å². The summed E-state index contributed by atoms with van der Waals surface area (Å²) < 4.78 is 14.9. The molecule has 0 amide bonds. The summed E-state index contributed by atoms with van der Waals surface area (Å²) >= 11 is 5.34. The smallest absolute Gasteiger partial charge is 0.171 e. The van der Waals surface area contributed by atoms with Gasteiger partial charge in [-0.05, 0) is 67.5 Å². The van der Waals surface area contributed by atoms with Crippen molar-refractivity contribution in [3.8, 4) is 0 Å².